The van der Waals surface area contributed by atoms with Crippen LogP contribution < -0.4 is 0 Å². The first-order valence-corrected chi connectivity index (χ1v) is 6.15. The second kappa shape index (κ2) is 5.63. The second-order valence-corrected chi connectivity index (χ2v) is 4.66. The number of ketones is 1. The van der Waals surface area contributed by atoms with E-state index in [9.17, 15) is 22.8 Å². The first kappa shape index (κ1) is 15.7. The van der Waals surface area contributed by atoms with Crippen molar-refractivity contribution in [1.82, 2.24) is 9.78 Å². The minimum Gasteiger partial charge on any atom is -0.478 e. The molecule has 1 aromatic carbocycles. The number of benzene rings is 1. The third kappa shape index (κ3) is 3.33. The number of carbonyl (C=O) groups excluding carboxylic acids is 1. The smallest absolute Gasteiger partial charge is 0.416 e. The Morgan fingerprint density at radius 1 is 1.32 bits per heavy atom. The number of nitrogens with zero attached hydrogens (tertiary/aromatic N) is 2. The summed E-state index contributed by atoms with van der Waals surface area (Å²) in [4.78, 5) is 22.3. The molecule has 0 spiro atoms. The van der Waals surface area contributed by atoms with Gasteiger partial charge in [-0.05, 0) is 24.6 Å². The van der Waals surface area contributed by atoms with Gasteiger partial charge in [0, 0.05) is 6.20 Å². The Morgan fingerprint density at radius 2 is 2.00 bits per heavy atom. The number of halogens is 3. The predicted octanol–water partition coefficient (Wildman–Crippen LogP) is 2.85. The first-order valence-electron chi connectivity index (χ1n) is 6.15. The molecular formula is C14H11F3N2O3. The van der Waals surface area contributed by atoms with Gasteiger partial charge in [-0.25, -0.2) is 4.79 Å². The number of aromatic nitrogens is 2. The molecule has 0 aliphatic rings. The summed E-state index contributed by atoms with van der Waals surface area (Å²) in [6, 6.07) is 2.51. The summed E-state index contributed by atoms with van der Waals surface area (Å²) in [7, 11) is 0. The molecule has 0 amide bonds. The maximum Gasteiger partial charge on any atom is 0.416 e. The highest BCUT2D eigenvalue weighted by molar-refractivity contribution is 5.93. The molecule has 8 heteroatoms. The van der Waals surface area contributed by atoms with Crippen molar-refractivity contribution in [2.75, 3.05) is 0 Å². The van der Waals surface area contributed by atoms with Gasteiger partial charge in [-0.15, -0.1) is 0 Å². The summed E-state index contributed by atoms with van der Waals surface area (Å²) in [5.74, 6) is -1.67. The maximum atomic E-state index is 12.6. The fourth-order valence-corrected chi connectivity index (χ4v) is 1.90. The zero-order valence-electron chi connectivity index (χ0n) is 11.4. The van der Waals surface area contributed by atoms with E-state index in [4.69, 9.17) is 5.11 Å². The highest BCUT2D eigenvalue weighted by atomic mass is 19.4. The van der Waals surface area contributed by atoms with Crippen molar-refractivity contribution in [3.63, 3.8) is 0 Å². The van der Waals surface area contributed by atoms with Gasteiger partial charge < -0.3 is 5.11 Å². The third-order valence-electron chi connectivity index (χ3n) is 3.04. The quantitative estimate of drug-likeness (QED) is 0.881. The number of Topliss-reactive ketones (excluding diaryl/α,β-unsaturated/α-hetero) is 1. The number of carboxylic acids is 1. The summed E-state index contributed by atoms with van der Waals surface area (Å²) < 4.78 is 39.2. The van der Waals surface area contributed by atoms with E-state index in [0.717, 1.165) is 12.1 Å². The molecule has 0 radical (unpaired) electrons. The highest BCUT2D eigenvalue weighted by Gasteiger charge is 2.31. The zero-order chi connectivity index (χ0) is 16.5. The number of carbonyl (C=O) groups is 2. The molecule has 2 aromatic rings. The van der Waals surface area contributed by atoms with Crippen molar-refractivity contribution in [3.05, 3.63) is 52.8 Å². The fraction of sp³-hybridized carbons (Fsp3) is 0.214. The molecule has 0 aliphatic heterocycles. The molecule has 1 N–H and O–H groups in total. The van der Waals surface area contributed by atoms with Crippen molar-refractivity contribution >= 4 is 11.8 Å². The molecule has 116 valence electrons. The van der Waals surface area contributed by atoms with E-state index in [1.165, 1.54) is 24.0 Å². The van der Waals surface area contributed by atoms with E-state index in [1.807, 2.05) is 0 Å². The molecule has 0 saturated heterocycles. The highest BCUT2D eigenvalue weighted by Crippen LogP contribution is 2.30. The molecule has 1 heterocycles. The van der Waals surface area contributed by atoms with Gasteiger partial charge in [-0.3, -0.25) is 9.48 Å². The van der Waals surface area contributed by atoms with Crippen LogP contribution in [0, 0.1) is 0 Å². The Bertz CT molecular complexity index is 735. The Balaban J connectivity index is 2.37. The van der Waals surface area contributed by atoms with E-state index in [0.29, 0.717) is 11.6 Å². The van der Waals surface area contributed by atoms with Crippen LogP contribution in [0.25, 0.3) is 0 Å². The Morgan fingerprint density at radius 3 is 2.50 bits per heavy atom. The van der Waals surface area contributed by atoms with Crippen LogP contribution in [0.15, 0.2) is 30.6 Å². The monoisotopic (exact) mass is 312 g/mol. The molecule has 0 atom stereocenters. The molecule has 22 heavy (non-hydrogen) atoms. The van der Waals surface area contributed by atoms with Crippen molar-refractivity contribution in [2.24, 2.45) is 0 Å². The Hall–Kier alpha value is -2.64. The van der Waals surface area contributed by atoms with Gasteiger partial charge >= 0.3 is 12.1 Å². The van der Waals surface area contributed by atoms with Gasteiger partial charge in [0.15, 0.2) is 5.78 Å². The van der Waals surface area contributed by atoms with Crippen LogP contribution in [0.3, 0.4) is 0 Å². The SMILES string of the molecule is CC(=O)c1cnn(Cc2ccc(C(F)(F)F)cc2C(=O)O)c1. The molecule has 0 unspecified atom stereocenters. The summed E-state index contributed by atoms with van der Waals surface area (Å²) in [6.07, 6.45) is -1.89. The summed E-state index contributed by atoms with van der Waals surface area (Å²) >= 11 is 0. The molecule has 0 fully saturated rings. The first-order chi connectivity index (χ1) is 10.2. The van der Waals surface area contributed by atoms with Gasteiger partial charge in [0.2, 0.25) is 0 Å². The van der Waals surface area contributed by atoms with Crippen LogP contribution in [-0.2, 0) is 12.7 Å². The van der Waals surface area contributed by atoms with Gasteiger partial charge in [-0.1, -0.05) is 6.07 Å². The zero-order valence-corrected chi connectivity index (χ0v) is 11.4. The Kier molecular flexibility index (Phi) is 4.03. The second-order valence-electron chi connectivity index (χ2n) is 4.66. The lowest BCUT2D eigenvalue weighted by Crippen LogP contribution is -2.12. The lowest BCUT2D eigenvalue weighted by Gasteiger charge is -2.11. The third-order valence-corrected chi connectivity index (χ3v) is 3.04. The van der Waals surface area contributed by atoms with Gasteiger partial charge in [0.1, 0.15) is 0 Å². The normalized spacial score (nSPS) is 11.5. The van der Waals surface area contributed by atoms with Crippen LogP contribution in [-0.4, -0.2) is 26.6 Å². The van der Waals surface area contributed by atoms with Crippen LogP contribution in [0.4, 0.5) is 13.2 Å². The van der Waals surface area contributed by atoms with Crippen LogP contribution in [0.5, 0.6) is 0 Å². The number of carboxylic acid groups (broad SMARTS) is 1. The molecule has 0 saturated carbocycles. The molecule has 5 nitrogen and oxygen atoms in total. The fourth-order valence-electron chi connectivity index (χ4n) is 1.90. The van der Waals surface area contributed by atoms with Crippen molar-refractivity contribution in [1.29, 1.82) is 0 Å². The van der Waals surface area contributed by atoms with E-state index in [2.05, 4.69) is 5.10 Å². The Labute approximate surface area is 123 Å². The van der Waals surface area contributed by atoms with E-state index in [1.54, 1.807) is 0 Å². The van der Waals surface area contributed by atoms with Crippen molar-refractivity contribution in [3.8, 4) is 0 Å². The lowest BCUT2D eigenvalue weighted by atomic mass is 10.0. The number of aromatic carboxylic acids is 1. The lowest BCUT2D eigenvalue weighted by molar-refractivity contribution is -0.137. The van der Waals surface area contributed by atoms with E-state index in [-0.39, 0.29) is 17.9 Å². The van der Waals surface area contributed by atoms with E-state index >= 15 is 0 Å². The topological polar surface area (TPSA) is 72.2 Å². The number of hydrogen-bond donors (Lipinski definition) is 1. The average molecular weight is 312 g/mol. The molecule has 2 rings (SSSR count). The van der Waals surface area contributed by atoms with Crippen molar-refractivity contribution in [2.45, 2.75) is 19.6 Å². The van der Waals surface area contributed by atoms with Gasteiger partial charge in [0.25, 0.3) is 0 Å². The van der Waals surface area contributed by atoms with E-state index < -0.39 is 23.3 Å². The molecule has 1 aromatic heterocycles. The maximum absolute atomic E-state index is 12.6. The molecule has 0 bridgehead atoms. The van der Waals surface area contributed by atoms with Crippen LogP contribution >= 0.6 is 0 Å². The number of rotatable bonds is 4. The average Bonchev–Trinajstić information content (AvgIpc) is 2.86. The van der Waals surface area contributed by atoms with Crippen LogP contribution in [0.1, 0.15) is 38.8 Å². The minimum atomic E-state index is -4.61. The largest absolute Gasteiger partial charge is 0.478 e. The number of alkyl halides is 3. The standard InChI is InChI=1S/C14H11F3N2O3/c1-8(20)10-5-18-19(7-10)6-9-2-3-11(14(15,16)17)4-12(9)13(21)22/h2-5,7H,6H2,1H3,(H,21,22). The van der Waals surface area contributed by atoms with Gasteiger partial charge in [-0.2, -0.15) is 18.3 Å². The summed E-state index contributed by atoms with van der Waals surface area (Å²) in [6.45, 7) is 1.30. The van der Waals surface area contributed by atoms with Crippen LogP contribution in [0.2, 0.25) is 0 Å². The molecular weight excluding hydrogens is 301 g/mol. The molecule has 0 aliphatic carbocycles. The number of hydrogen-bond acceptors (Lipinski definition) is 3. The predicted molar refractivity (Wildman–Crippen MR) is 69.7 cm³/mol. The summed E-state index contributed by atoms with van der Waals surface area (Å²) in [5, 5.41) is 13.0. The summed E-state index contributed by atoms with van der Waals surface area (Å²) in [5.41, 5.74) is -0.976. The van der Waals surface area contributed by atoms with Crippen molar-refractivity contribution < 1.29 is 27.9 Å². The van der Waals surface area contributed by atoms with Gasteiger partial charge in [0.05, 0.1) is 29.4 Å². The minimum absolute atomic E-state index is 0.0486.